The number of ether oxygens (including phenoxy) is 1. The first-order valence-electron chi connectivity index (χ1n) is 13.5. The number of likely N-dealkylation sites (tertiary alicyclic amines) is 1. The van der Waals surface area contributed by atoms with Crippen LogP contribution in [0.1, 0.15) is 48.3 Å². The van der Waals surface area contributed by atoms with Crippen LogP contribution in [0.3, 0.4) is 0 Å². The van der Waals surface area contributed by atoms with Gasteiger partial charge in [0.1, 0.15) is 12.4 Å². The second-order valence-corrected chi connectivity index (χ2v) is 13.0. The maximum atomic E-state index is 13.8. The zero-order valence-corrected chi connectivity index (χ0v) is 22.7. The molecule has 1 amide bonds. The molecule has 0 bridgehead atoms. The van der Waals surface area contributed by atoms with Crippen LogP contribution in [0, 0.1) is 5.92 Å². The number of benzene rings is 3. The minimum Gasteiger partial charge on any atom is -0.481 e. The van der Waals surface area contributed by atoms with E-state index in [-0.39, 0.29) is 18.9 Å². The number of amides is 1. The number of carboxylic acid groups (broad SMARTS) is 1. The van der Waals surface area contributed by atoms with Crippen molar-refractivity contribution in [1.82, 2.24) is 4.90 Å². The molecule has 0 aromatic heterocycles. The highest BCUT2D eigenvalue weighted by atomic mass is 31.2. The summed E-state index contributed by atoms with van der Waals surface area (Å²) in [6, 6.07) is 25.3. The van der Waals surface area contributed by atoms with Crippen LogP contribution in [0.25, 0.3) is 11.1 Å². The van der Waals surface area contributed by atoms with Crippen molar-refractivity contribution >= 4 is 19.4 Å². The second-order valence-electron chi connectivity index (χ2n) is 10.5. The molecule has 7 nitrogen and oxygen atoms in total. The van der Waals surface area contributed by atoms with Crippen molar-refractivity contribution < 1.29 is 28.9 Å². The molecule has 2 N–H and O–H groups in total. The van der Waals surface area contributed by atoms with Crippen LogP contribution in [0.5, 0.6) is 0 Å². The van der Waals surface area contributed by atoms with Crippen LogP contribution < -0.4 is 0 Å². The van der Waals surface area contributed by atoms with Crippen LogP contribution in [0.2, 0.25) is 0 Å². The standard InChI is InChI=1S/C31H34NO6P/c33-30(34)23(19-22-11-3-1-4-12-22)21-39(36,37)29-17-5-2-10-18-32(29)31(35)38-20-28-26-15-8-6-13-24(26)25-14-7-9-16-27(25)28/h1,3-4,6-9,11-16,23,28-29H,2,5,10,17-21H2,(H,33,34)(H,36,37)/t23-,29+/m1/s1. The van der Waals surface area contributed by atoms with E-state index in [1.54, 1.807) is 0 Å². The second kappa shape index (κ2) is 11.8. The van der Waals surface area contributed by atoms with E-state index in [0.717, 1.165) is 34.2 Å². The Balaban J connectivity index is 1.32. The van der Waals surface area contributed by atoms with Gasteiger partial charge in [0.15, 0.2) is 0 Å². The third kappa shape index (κ3) is 5.95. The lowest BCUT2D eigenvalue weighted by Gasteiger charge is -2.33. The summed E-state index contributed by atoms with van der Waals surface area (Å²) in [6.45, 7) is 0.430. The third-order valence-corrected chi connectivity index (χ3v) is 10.3. The van der Waals surface area contributed by atoms with Gasteiger partial charge in [-0.1, -0.05) is 91.7 Å². The van der Waals surface area contributed by atoms with Crippen molar-refractivity contribution in [3.8, 4) is 11.1 Å². The van der Waals surface area contributed by atoms with E-state index in [9.17, 15) is 24.2 Å². The fourth-order valence-electron chi connectivity index (χ4n) is 5.97. The maximum absolute atomic E-state index is 13.8. The Labute approximate surface area is 228 Å². The molecule has 204 valence electrons. The van der Waals surface area contributed by atoms with Gasteiger partial charge in [0.2, 0.25) is 7.37 Å². The molecule has 1 heterocycles. The van der Waals surface area contributed by atoms with Gasteiger partial charge in [0, 0.05) is 18.6 Å². The summed E-state index contributed by atoms with van der Waals surface area (Å²) >= 11 is 0. The lowest BCUT2D eigenvalue weighted by atomic mass is 9.98. The summed E-state index contributed by atoms with van der Waals surface area (Å²) in [7, 11) is -4.06. The molecule has 8 heteroatoms. The quantitative estimate of drug-likeness (QED) is 0.319. The lowest BCUT2D eigenvalue weighted by molar-refractivity contribution is -0.141. The van der Waals surface area contributed by atoms with Gasteiger partial charge < -0.3 is 14.7 Å². The van der Waals surface area contributed by atoms with Crippen LogP contribution >= 0.6 is 7.37 Å². The number of nitrogens with zero attached hydrogens (tertiary/aromatic N) is 1. The van der Waals surface area contributed by atoms with E-state index in [1.807, 2.05) is 66.7 Å². The first-order valence-corrected chi connectivity index (χ1v) is 15.5. The average Bonchev–Trinajstić information content (AvgIpc) is 3.06. The van der Waals surface area contributed by atoms with Gasteiger partial charge >= 0.3 is 12.1 Å². The topological polar surface area (TPSA) is 104 Å². The normalized spacial score (nSPS) is 19.3. The summed E-state index contributed by atoms with van der Waals surface area (Å²) < 4.78 is 19.6. The zero-order chi connectivity index (χ0) is 27.4. The first kappa shape index (κ1) is 27.2. The van der Waals surface area contributed by atoms with E-state index in [2.05, 4.69) is 12.1 Å². The van der Waals surface area contributed by atoms with Gasteiger partial charge in [0.25, 0.3) is 0 Å². The third-order valence-electron chi connectivity index (χ3n) is 7.91. The van der Waals surface area contributed by atoms with Gasteiger partial charge in [-0.3, -0.25) is 14.3 Å². The van der Waals surface area contributed by atoms with E-state index >= 15 is 0 Å². The fraction of sp³-hybridized carbons (Fsp3) is 0.355. The molecule has 5 rings (SSSR count). The molecule has 39 heavy (non-hydrogen) atoms. The highest BCUT2D eigenvalue weighted by Crippen LogP contribution is 2.53. The van der Waals surface area contributed by atoms with Gasteiger partial charge in [-0.25, -0.2) is 4.79 Å². The Hall–Kier alpha value is -3.41. The van der Waals surface area contributed by atoms with E-state index < -0.39 is 37.3 Å². The average molecular weight is 548 g/mol. The SMILES string of the molecule is O=C(O)[C@H](Cc1ccccc1)CP(=O)(O)[C@H]1CCCCCN1C(=O)OCC1c2ccccc2-c2ccccc21. The summed E-state index contributed by atoms with van der Waals surface area (Å²) in [4.78, 5) is 38.2. The Morgan fingerprint density at radius 2 is 1.51 bits per heavy atom. The van der Waals surface area contributed by atoms with Crippen molar-refractivity contribution in [2.45, 2.75) is 43.8 Å². The Kier molecular flexibility index (Phi) is 8.20. The van der Waals surface area contributed by atoms with E-state index in [1.165, 1.54) is 4.90 Å². The molecule has 0 spiro atoms. The van der Waals surface area contributed by atoms with Gasteiger partial charge in [0.05, 0.1) is 5.92 Å². The van der Waals surface area contributed by atoms with Crippen LogP contribution in [0.4, 0.5) is 4.79 Å². The maximum Gasteiger partial charge on any atom is 0.410 e. The Bertz CT molecular complexity index is 1330. The van der Waals surface area contributed by atoms with Crippen molar-refractivity contribution in [3.63, 3.8) is 0 Å². The number of rotatable bonds is 8. The van der Waals surface area contributed by atoms with Crippen molar-refractivity contribution in [2.75, 3.05) is 19.3 Å². The highest BCUT2D eigenvalue weighted by Gasteiger charge is 2.42. The Morgan fingerprint density at radius 3 is 2.15 bits per heavy atom. The molecule has 3 aromatic carbocycles. The molecule has 1 aliphatic carbocycles. The van der Waals surface area contributed by atoms with Crippen molar-refractivity contribution in [1.29, 1.82) is 0 Å². The van der Waals surface area contributed by atoms with Crippen molar-refractivity contribution in [2.24, 2.45) is 5.92 Å². The van der Waals surface area contributed by atoms with Gasteiger partial charge in [-0.05, 0) is 47.1 Å². The smallest absolute Gasteiger partial charge is 0.410 e. The van der Waals surface area contributed by atoms with Gasteiger partial charge in [-0.15, -0.1) is 0 Å². The van der Waals surface area contributed by atoms with Crippen LogP contribution in [-0.2, 0) is 20.5 Å². The monoisotopic (exact) mass is 547 g/mol. The molecule has 1 fully saturated rings. The molecule has 3 atom stereocenters. The molecular formula is C31H34NO6P. The van der Waals surface area contributed by atoms with E-state index in [0.29, 0.717) is 25.8 Å². The Morgan fingerprint density at radius 1 is 0.897 bits per heavy atom. The van der Waals surface area contributed by atoms with Gasteiger partial charge in [-0.2, -0.15) is 0 Å². The summed E-state index contributed by atoms with van der Waals surface area (Å²) in [5.41, 5.74) is 5.23. The molecule has 3 aromatic rings. The molecule has 0 saturated carbocycles. The fourth-order valence-corrected chi connectivity index (χ4v) is 8.36. The largest absolute Gasteiger partial charge is 0.481 e. The number of carbonyl (C=O) groups is 2. The molecule has 1 aliphatic heterocycles. The molecule has 2 aliphatic rings. The summed E-state index contributed by atoms with van der Waals surface area (Å²) in [6.07, 6.45) is 1.71. The molecule has 1 saturated heterocycles. The summed E-state index contributed by atoms with van der Waals surface area (Å²) in [5, 5.41) is 9.86. The van der Waals surface area contributed by atoms with Crippen LogP contribution in [-0.4, -0.2) is 52.1 Å². The zero-order valence-electron chi connectivity index (χ0n) is 21.8. The molecular weight excluding hydrogens is 513 g/mol. The molecule has 0 radical (unpaired) electrons. The van der Waals surface area contributed by atoms with E-state index in [4.69, 9.17) is 4.74 Å². The number of hydrogen-bond donors (Lipinski definition) is 2. The summed E-state index contributed by atoms with van der Waals surface area (Å²) in [5.74, 6) is -3.23. The predicted molar refractivity (Wildman–Crippen MR) is 150 cm³/mol. The van der Waals surface area contributed by atoms with Crippen molar-refractivity contribution in [3.05, 3.63) is 95.6 Å². The highest BCUT2D eigenvalue weighted by molar-refractivity contribution is 7.58. The lowest BCUT2D eigenvalue weighted by Crippen LogP contribution is -2.42. The predicted octanol–water partition coefficient (Wildman–Crippen LogP) is 6.35. The number of carboxylic acids is 1. The number of fused-ring (bicyclic) bond motifs is 3. The minimum absolute atomic E-state index is 0.116. The number of hydrogen-bond acceptors (Lipinski definition) is 4. The first-order chi connectivity index (χ1) is 18.8. The van der Waals surface area contributed by atoms with Crippen LogP contribution in [0.15, 0.2) is 78.9 Å². The minimum atomic E-state index is -4.06. The molecule has 1 unspecified atom stereocenters. The number of carbonyl (C=O) groups excluding carboxylic acids is 1. The number of aliphatic carboxylic acids is 1.